The number of imidazole rings is 1. The molecule has 7 nitrogen and oxygen atoms in total. The zero-order valence-corrected chi connectivity index (χ0v) is 15.6. The lowest BCUT2D eigenvalue weighted by Gasteiger charge is -2.27. The highest BCUT2D eigenvalue weighted by atomic mass is 16.5. The summed E-state index contributed by atoms with van der Waals surface area (Å²) in [5.41, 5.74) is 0.0480. The van der Waals surface area contributed by atoms with Gasteiger partial charge < -0.3 is 24.1 Å². The molecular formula is C19H25N3O4. The smallest absolute Gasteiger partial charge is 0.252 e. The fourth-order valence-electron chi connectivity index (χ4n) is 3.23. The number of ether oxygens (including phenoxy) is 3. The lowest BCUT2D eigenvalue weighted by atomic mass is 9.99. The summed E-state index contributed by atoms with van der Waals surface area (Å²) in [7, 11) is 5.08. The van der Waals surface area contributed by atoms with Crippen LogP contribution in [0.2, 0.25) is 0 Å². The van der Waals surface area contributed by atoms with Gasteiger partial charge in [-0.05, 0) is 37.5 Å². The number of rotatable bonds is 6. The van der Waals surface area contributed by atoms with Crippen molar-refractivity contribution >= 4 is 5.91 Å². The molecule has 0 saturated carbocycles. The van der Waals surface area contributed by atoms with Gasteiger partial charge in [-0.25, -0.2) is 4.98 Å². The maximum Gasteiger partial charge on any atom is 0.252 e. The van der Waals surface area contributed by atoms with Crippen molar-refractivity contribution in [2.75, 3.05) is 20.8 Å². The Labute approximate surface area is 153 Å². The molecule has 1 saturated heterocycles. The molecule has 0 unspecified atom stereocenters. The normalized spacial score (nSPS) is 20.6. The van der Waals surface area contributed by atoms with Crippen LogP contribution in [0.15, 0.2) is 30.6 Å². The second-order valence-corrected chi connectivity index (χ2v) is 6.60. The van der Waals surface area contributed by atoms with E-state index in [2.05, 4.69) is 10.3 Å². The van der Waals surface area contributed by atoms with Crippen LogP contribution in [-0.2, 0) is 16.6 Å². The van der Waals surface area contributed by atoms with Crippen LogP contribution in [0.25, 0.3) is 0 Å². The maximum atomic E-state index is 12.9. The highest BCUT2D eigenvalue weighted by Crippen LogP contribution is 2.33. The lowest BCUT2D eigenvalue weighted by molar-refractivity contribution is -0.140. The molecule has 1 aromatic heterocycles. The molecule has 1 amide bonds. The van der Waals surface area contributed by atoms with Crippen molar-refractivity contribution in [2.24, 2.45) is 7.05 Å². The Morgan fingerprint density at radius 1 is 1.35 bits per heavy atom. The van der Waals surface area contributed by atoms with Gasteiger partial charge in [-0.1, -0.05) is 6.07 Å². The van der Waals surface area contributed by atoms with Gasteiger partial charge >= 0.3 is 0 Å². The average Bonchev–Trinajstić information content (AvgIpc) is 3.28. The number of methoxy groups -OCH3 is 2. The number of hydrogen-bond acceptors (Lipinski definition) is 5. The van der Waals surface area contributed by atoms with Gasteiger partial charge in [-0.3, -0.25) is 4.79 Å². The zero-order valence-electron chi connectivity index (χ0n) is 15.6. The van der Waals surface area contributed by atoms with Crippen molar-refractivity contribution in [3.05, 3.63) is 42.0 Å². The predicted octanol–water partition coefficient (Wildman–Crippen LogP) is 2.21. The van der Waals surface area contributed by atoms with Crippen molar-refractivity contribution < 1.29 is 19.0 Å². The number of carbonyl (C=O) groups is 1. The molecule has 1 N–H and O–H groups in total. The van der Waals surface area contributed by atoms with E-state index in [-0.39, 0.29) is 5.91 Å². The monoisotopic (exact) mass is 359 g/mol. The van der Waals surface area contributed by atoms with Crippen LogP contribution < -0.4 is 14.8 Å². The summed E-state index contributed by atoms with van der Waals surface area (Å²) in [5, 5.41) is 3.10. The molecule has 1 aromatic carbocycles. The summed E-state index contributed by atoms with van der Waals surface area (Å²) in [5.74, 6) is 1.82. The minimum Gasteiger partial charge on any atom is -0.493 e. The van der Waals surface area contributed by atoms with Crippen molar-refractivity contribution in [1.82, 2.24) is 14.9 Å². The molecule has 7 heteroatoms. The van der Waals surface area contributed by atoms with Gasteiger partial charge in [0.05, 0.1) is 14.2 Å². The quantitative estimate of drug-likeness (QED) is 0.856. The first-order chi connectivity index (χ1) is 12.5. The Balaban J connectivity index is 1.97. The molecule has 0 aliphatic carbocycles. The van der Waals surface area contributed by atoms with Crippen LogP contribution in [-0.4, -0.2) is 41.9 Å². The molecule has 26 heavy (non-hydrogen) atoms. The number of benzene rings is 1. The van der Waals surface area contributed by atoms with E-state index >= 15 is 0 Å². The van der Waals surface area contributed by atoms with Crippen molar-refractivity contribution in [3.63, 3.8) is 0 Å². The van der Waals surface area contributed by atoms with E-state index in [0.717, 1.165) is 17.8 Å². The molecule has 1 aliphatic heterocycles. The number of nitrogens with one attached hydrogen (secondary N) is 1. The third kappa shape index (κ3) is 3.39. The largest absolute Gasteiger partial charge is 0.493 e. The summed E-state index contributed by atoms with van der Waals surface area (Å²) < 4.78 is 18.3. The van der Waals surface area contributed by atoms with Crippen LogP contribution in [0, 0.1) is 0 Å². The van der Waals surface area contributed by atoms with E-state index in [1.807, 2.05) is 42.9 Å². The van der Waals surface area contributed by atoms with Crippen molar-refractivity contribution in [3.8, 4) is 11.5 Å². The van der Waals surface area contributed by atoms with Crippen molar-refractivity contribution in [2.45, 2.75) is 31.4 Å². The summed E-state index contributed by atoms with van der Waals surface area (Å²) in [6.45, 7) is 2.44. The number of nitrogens with zero attached hydrogens (tertiary/aromatic N) is 2. The second kappa shape index (κ2) is 7.37. The minimum atomic E-state index is -0.806. The Morgan fingerprint density at radius 3 is 2.69 bits per heavy atom. The highest BCUT2D eigenvalue weighted by Gasteiger charge is 2.39. The Hall–Kier alpha value is -2.54. The summed E-state index contributed by atoms with van der Waals surface area (Å²) in [6, 6.07) is 5.16. The van der Waals surface area contributed by atoms with E-state index in [1.165, 1.54) is 0 Å². The van der Waals surface area contributed by atoms with Crippen LogP contribution in [0.5, 0.6) is 11.5 Å². The van der Waals surface area contributed by atoms with Gasteiger partial charge in [-0.2, -0.15) is 0 Å². The van der Waals surface area contributed by atoms with E-state index < -0.39 is 11.6 Å². The van der Waals surface area contributed by atoms with E-state index in [4.69, 9.17) is 14.2 Å². The molecule has 1 fully saturated rings. The van der Waals surface area contributed by atoms with Gasteiger partial charge in [0.2, 0.25) is 0 Å². The number of aromatic nitrogens is 2. The fraction of sp³-hybridized carbons (Fsp3) is 0.474. The van der Waals surface area contributed by atoms with Gasteiger partial charge in [0, 0.05) is 26.0 Å². The van der Waals surface area contributed by atoms with Gasteiger partial charge in [0.25, 0.3) is 5.91 Å². The van der Waals surface area contributed by atoms with E-state index in [1.54, 1.807) is 20.4 Å². The first-order valence-electron chi connectivity index (χ1n) is 8.62. The third-order valence-corrected chi connectivity index (χ3v) is 4.83. The summed E-state index contributed by atoms with van der Waals surface area (Å²) in [6.07, 6.45) is 5.15. The third-order valence-electron chi connectivity index (χ3n) is 4.83. The Morgan fingerprint density at radius 2 is 2.12 bits per heavy atom. The van der Waals surface area contributed by atoms with Gasteiger partial charge in [0.1, 0.15) is 17.5 Å². The predicted molar refractivity (Wildman–Crippen MR) is 96.3 cm³/mol. The van der Waals surface area contributed by atoms with Crippen LogP contribution >= 0.6 is 0 Å². The summed E-state index contributed by atoms with van der Waals surface area (Å²) in [4.78, 5) is 17.3. The lowest BCUT2D eigenvalue weighted by Crippen LogP contribution is -2.46. The number of aryl methyl sites for hydroxylation is 1. The van der Waals surface area contributed by atoms with Crippen molar-refractivity contribution in [1.29, 1.82) is 0 Å². The second-order valence-electron chi connectivity index (χ2n) is 6.60. The maximum absolute atomic E-state index is 12.9. The average molecular weight is 359 g/mol. The number of carbonyl (C=O) groups excluding carboxylic acids is 1. The molecular weight excluding hydrogens is 334 g/mol. The molecule has 2 heterocycles. The number of amides is 1. The van der Waals surface area contributed by atoms with Gasteiger partial charge in [0.15, 0.2) is 11.5 Å². The van der Waals surface area contributed by atoms with Crippen LogP contribution in [0.3, 0.4) is 0 Å². The molecule has 0 bridgehead atoms. The molecule has 140 valence electrons. The molecule has 0 radical (unpaired) electrons. The van der Waals surface area contributed by atoms with E-state index in [9.17, 15) is 4.79 Å². The topological polar surface area (TPSA) is 74.6 Å². The van der Waals surface area contributed by atoms with Crippen LogP contribution in [0.4, 0.5) is 0 Å². The SMILES string of the molecule is COc1ccc([C@H](NC(=O)[C@]2(C)CCCO2)c2nccn2C)cc1OC. The molecule has 1 aliphatic rings. The minimum absolute atomic E-state index is 0.141. The molecule has 0 spiro atoms. The van der Waals surface area contributed by atoms with Crippen LogP contribution in [0.1, 0.15) is 37.2 Å². The Bertz CT molecular complexity index is 781. The van der Waals surface area contributed by atoms with E-state index in [0.29, 0.717) is 24.5 Å². The molecule has 2 atom stereocenters. The fourth-order valence-corrected chi connectivity index (χ4v) is 3.23. The summed E-state index contributed by atoms with van der Waals surface area (Å²) >= 11 is 0. The molecule has 3 rings (SSSR count). The first kappa shape index (κ1) is 18.3. The van der Waals surface area contributed by atoms with Gasteiger partial charge in [-0.15, -0.1) is 0 Å². The Kier molecular flexibility index (Phi) is 5.18. The molecule has 2 aromatic rings. The first-order valence-corrected chi connectivity index (χ1v) is 8.62. The number of hydrogen-bond donors (Lipinski definition) is 1. The standard InChI is InChI=1S/C19H25N3O4/c1-19(8-5-11-26-19)18(23)21-16(17-20-9-10-22(17)2)13-6-7-14(24-3)15(12-13)25-4/h6-7,9-10,12,16H,5,8,11H2,1-4H3,(H,21,23)/t16-,19-/m0/s1. The zero-order chi connectivity index (χ0) is 18.7. The highest BCUT2D eigenvalue weighted by molar-refractivity contribution is 5.85.